The largest absolute Gasteiger partial charge is 0.310 e. The number of anilines is 3. The molecule has 0 aliphatic heterocycles. The molecular formula is C57H42N2. The van der Waals surface area contributed by atoms with Gasteiger partial charge >= 0.3 is 0 Å². The fourth-order valence-corrected chi connectivity index (χ4v) is 9.25. The second-order valence-electron chi connectivity index (χ2n) is 15.8. The fourth-order valence-electron chi connectivity index (χ4n) is 9.25. The van der Waals surface area contributed by atoms with E-state index in [9.17, 15) is 2.74 Å². The smallest absolute Gasteiger partial charge is 0.0629 e. The van der Waals surface area contributed by atoms with E-state index in [2.05, 4.69) is 187 Å². The lowest BCUT2D eigenvalue weighted by Gasteiger charge is -2.27. The van der Waals surface area contributed by atoms with Crippen LogP contribution in [0.15, 0.2) is 218 Å². The molecule has 0 radical (unpaired) electrons. The first-order valence-corrected chi connectivity index (χ1v) is 20.1. The van der Waals surface area contributed by atoms with Crippen molar-refractivity contribution in [3.63, 3.8) is 0 Å². The molecule has 2 heteroatoms. The van der Waals surface area contributed by atoms with Gasteiger partial charge in [-0.3, -0.25) is 0 Å². The maximum atomic E-state index is 9.27. The highest BCUT2D eigenvalue weighted by atomic mass is 15.1. The quantitative estimate of drug-likeness (QED) is 0.157. The Morgan fingerprint density at radius 1 is 0.424 bits per heavy atom. The van der Waals surface area contributed by atoms with E-state index >= 15 is 0 Å². The van der Waals surface area contributed by atoms with Crippen molar-refractivity contribution in [3.8, 4) is 50.2 Å². The van der Waals surface area contributed by atoms with E-state index in [4.69, 9.17) is 4.11 Å². The van der Waals surface area contributed by atoms with Crippen molar-refractivity contribution in [1.29, 1.82) is 0 Å². The molecule has 1 aromatic heterocycles. The number of benzene rings is 9. The Labute approximate surface area is 352 Å². The molecule has 0 bridgehead atoms. The molecule has 59 heavy (non-hydrogen) atoms. The summed E-state index contributed by atoms with van der Waals surface area (Å²) in [5, 5.41) is 2.08. The Bertz CT molecular complexity index is 3340. The first kappa shape index (κ1) is 29.8. The van der Waals surface area contributed by atoms with Crippen LogP contribution >= 0.6 is 0 Å². The average Bonchev–Trinajstić information content (AvgIpc) is 3.79. The van der Waals surface area contributed by atoms with Crippen LogP contribution < -0.4 is 4.90 Å². The summed E-state index contributed by atoms with van der Waals surface area (Å²) in [4.78, 5) is 2.29. The van der Waals surface area contributed by atoms with Gasteiger partial charge in [0, 0.05) is 44.4 Å². The number of nitrogens with zero attached hydrogens (tertiary/aromatic N) is 2. The van der Waals surface area contributed by atoms with Crippen LogP contribution in [-0.4, -0.2) is 4.57 Å². The monoisotopic (exact) mass is 759 g/mol. The predicted octanol–water partition coefficient (Wildman–Crippen LogP) is 15.6. The zero-order valence-corrected chi connectivity index (χ0v) is 32.8. The third-order valence-electron chi connectivity index (χ3n) is 12.1. The van der Waals surface area contributed by atoms with Crippen LogP contribution in [0.1, 0.15) is 31.8 Å². The first-order chi connectivity index (χ1) is 31.1. The molecule has 2 nitrogen and oxygen atoms in total. The SMILES string of the molecule is [2H]c1c([2H])c([2H])c(-c2ccc3c(c2-n2c4ccccc4c4ccc(N(c5ccc(-c6ccccc6)cc5)c5ccc(-c6ccccc6)cc5)cc42)-c2ccccc2C3(C)C)c([2H])c1[2H]. The molecule has 0 unspecified atom stereocenters. The predicted molar refractivity (Wildman–Crippen MR) is 249 cm³/mol. The highest BCUT2D eigenvalue weighted by Gasteiger charge is 2.38. The van der Waals surface area contributed by atoms with Gasteiger partial charge in [0.2, 0.25) is 0 Å². The lowest BCUT2D eigenvalue weighted by atomic mass is 9.82. The van der Waals surface area contributed by atoms with E-state index in [1.807, 2.05) is 24.3 Å². The van der Waals surface area contributed by atoms with Gasteiger partial charge in [-0.05, 0) is 87.0 Å². The molecule has 1 heterocycles. The highest BCUT2D eigenvalue weighted by molar-refractivity contribution is 6.12. The van der Waals surface area contributed by atoms with Gasteiger partial charge < -0.3 is 9.47 Å². The zero-order valence-electron chi connectivity index (χ0n) is 37.8. The van der Waals surface area contributed by atoms with Crippen LogP contribution in [0.25, 0.3) is 72.0 Å². The third kappa shape index (κ3) is 5.71. The van der Waals surface area contributed by atoms with E-state index < -0.39 is 6.04 Å². The molecule has 0 atom stereocenters. The van der Waals surface area contributed by atoms with Crippen LogP contribution in [0.5, 0.6) is 0 Å². The van der Waals surface area contributed by atoms with E-state index in [0.717, 1.165) is 83.5 Å². The van der Waals surface area contributed by atoms with Crippen LogP contribution in [-0.2, 0) is 5.41 Å². The normalized spacial score (nSPS) is 13.9. The Kier molecular flexibility index (Phi) is 7.01. The summed E-state index contributed by atoms with van der Waals surface area (Å²) in [6.45, 7) is 4.47. The van der Waals surface area contributed by atoms with Crippen molar-refractivity contribution in [2.45, 2.75) is 19.3 Å². The van der Waals surface area contributed by atoms with Crippen molar-refractivity contribution in [3.05, 3.63) is 229 Å². The van der Waals surface area contributed by atoms with Crippen molar-refractivity contribution in [2.24, 2.45) is 0 Å². The molecule has 0 fully saturated rings. The van der Waals surface area contributed by atoms with Gasteiger partial charge in [0.25, 0.3) is 0 Å². The van der Waals surface area contributed by atoms with Crippen molar-refractivity contribution in [1.82, 2.24) is 4.57 Å². The lowest BCUT2D eigenvalue weighted by Crippen LogP contribution is -2.15. The third-order valence-corrected chi connectivity index (χ3v) is 12.1. The molecule has 0 spiro atoms. The standard InChI is InChI=1S/C57H42N2/c1-57(2)51-24-14-12-23-50(51)55-52(57)37-36-47(43-20-10-5-11-21-43)56(55)59-53-25-15-13-22-48(53)49-35-34-46(38-54(49)59)58(44-30-26-41(27-31-44)39-16-6-3-7-17-39)45-32-28-42(29-33-45)40-18-8-4-9-19-40/h3-38H,1-2H3/i5D,10D,11D,20D,21D. The van der Waals surface area contributed by atoms with Gasteiger partial charge in [0.1, 0.15) is 0 Å². The topological polar surface area (TPSA) is 8.17 Å². The second-order valence-corrected chi connectivity index (χ2v) is 15.8. The van der Waals surface area contributed by atoms with Gasteiger partial charge in [-0.1, -0.05) is 190 Å². The fraction of sp³-hybridized carbons (Fsp3) is 0.0526. The number of aromatic nitrogens is 1. The minimum absolute atomic E-state index is 0.173. The van der Waals surface area contributed by atoms with Crippen LogP contribution in [0.4, 0.5) is 17.1 Å². The maximum Gasteiger partial charge on any atom is 0.0629 e. The van der Waals surface area contributed by atoms with Gasteiger partial charge in [-0.25, -0.2) is 0 Å². The summed E-state index contributed by atoms with van der Waals surface area (Å²) < 4.78 is 46.8. The maximum absolute atomic E-state index is 9.27. The van der Waals surface area contributed by atoms with E-state index in [1.54, 1.807) is 0 Å². The van der Waals surface area contributed by atoms with E-state index in [-0.39, 0.29) is 35.1 Å². The van der Waals surface area contributed by atoms with Gasteiger partial charge in [-0.2, -0.15) is 0 Å². The summed E-state index contributed by atoms with van der Waals surface area (Å²) in [6.07, 6.45) is 0. The molecule has 0 N–H and O–H groups in total. The van der Waals surface area contributed by atoms with Crippen molar-refractivity contribution < 1.29 is 6.85 Å². The molecule has 0 saturated heterocycles. The average molecular weight is 760 g/mol. The Morgan fingerprint density at radius 2 is 0.966 bits per heavy atom. The van der Waals surface area contributed by atoms with Crippen LogP contribution in [0.2, 0.25) is 0 Å². The highest BCUT2D eigenvalue weighted by Crippen LogP contribution is 2.54. The molecule has 11 rings (SSSR count). The molecule has 0 amide bonds. The number of hydrogen-bond acceptors (Lipinski definition) is 1. The molecule has 280 valence electrons. The lowest BCUT2D eigenvalue weighted by molar-refractivity contribution is 0.660. The van der Waals surface area contributed by atoms with Crippen molar-refractivity contribution >= 4 is 38.9 Å². The molecule has 1 aliphatic rings. The molecule has 1 aliphatic carbocycles. The zero-order chi connectivity index (χ0) is 43.9. The number of fused-ring (bicyclic) bond motifs is 6. The van der Waals surface area contributed by atoms with Crippen LogP contribution in [0, 0.1) is 0 Å². The molecular weight excluding hydrogens is 713 g/mol. The first-order valence-electron chi connectivity index (χ1n) is 22.6. The molecule has 0 saturated carbocycles. The van der Waals surface area contributed by atoms with E-state index in [0.29, 0.717) is 5.56 Å². The van der Waals surface area contributed by atoms with Crippen LogP contribution in [0.3, 0.4) is 0 Å². The molecule has 9 aromatic carbocycles. The summed E-state index contributed by atoms with van der Waals surface area (Å²) in [5.74, 6) is 0. The van der Waals surface area contributed by atoms with Gasteiger partial charge in [-0.15, -0.1) is 0 Å². The summed E-state index contributed by atoms with van der Waals surface area (Å²) in [7, 11) is 0. The van der Waals surface area contributed by atoms with Crippen molar-refractivity contribution in [2.75, 3.05) is 4.90 Å². The Balaban J connectivity index is 1.21. The number of hydrogen-bond donors (Lipinski definition) is 0. The Morgan fingerprint density at radius 3 is 1.63 bits per heavy atom. The minimum atomic E-state index is -0.414. The number of para-hydroxylation sites is 1. The molecule has 10 aromatic rings. The minimum Gasteiger partial charge on any atom is -0.310 e. The summed E-state index contributed by atoms with van der Waals surface area (Å²) >= 11 is 0. The van der Waals surface area contributed by atoms with Gasteiger partial charge in [0.15, 0.2) is 0 Å². The summed E-state index contributed by atoms with van der Waals surface area (Å²) in [5.41, 5.74) is 14.8. The van der Waals surface area contributed by atoms with E-state index in [1.165, 1.54) is 5.56 Å². The summed E-state index contributed by atoms with van der Waals surface area (Å²) in [6, 6.07) is 64.1. The van der Waals surface area contributed by atoms with Gasteiger partial charge in [0.05, 0.1) is 23.6 Å². The number of rotatable bonds is 7. The Hall–Kier alpha value is -7.42. The second kappa shape index (κ2) is 13.9.